The van der Waals surface area contributed by atoms with Crippen molar-refractivity contribution in [1.82, 2.24) is 0 Å². The largest absolute Gasteiger partial charge is 1.00 e. The van der Waals surface area contributed by atoms with Crippen LogP contribution in [0.15, 0.2) is 12.7 Å². The fraction of sp³-hybridized carbons (Fsp3) is 0.889. The van der Waals surface area contributed by atoms with Crippen molar-refractivity contribution in [3.05, 3.63) is 12.7 Å². The molecule has 0 saturated carbocycles. The van der Waals surface area contributed by atoms with E-state index >= 15 is 0 Å². The lowest BCUT2D eigenvalue weighted by molar-refractivity contribution is -0.969. The summed E-state index contributed by atoms with van der Waals surface area (Å²) < 4.78 is 6.30. The Hall–Kier alpha value is -0.350. The number of hydrogen-bond acceptors (Lipinski definition) is 2. The lowest BCUT2D eigenvalue weighted by Crippen LogP contribution is -3.00. The number of rotatable bonds is 21. The van der Waals surface area contributed by atoms with E-state index in [1.165, 1.54) is 109 Å². The van der Waals surface area contributed by atoms with Gasteiger partial charge in [0.15, 0.2) is 0 Å². The summed E-state index contributed by atoms with van der Waals surface area (Å²) in [5.41, 5.74) is 0. The molecule has 0 bridgehead atoms. The molecule has 0 amide bonds. The molecule has 0 heterocycles. The second-order valence-corrected chi connectivity index (χ2v) is 9.71. The van der Waals surface area contributed by atoms with Crippen molar-refractivity contribution >= 4 is 5.97 Å². The third-order valence-corrected chi connectivity index (χ3v) is 6.96. The third kappa shape index (κ3) is 16.9. The second-order valence-electron chi connectivity index (χ2n) is 9.71. The molecule has 0 aliphatic carbocycles. The molecular weight excluding hydrogens is 450 g/mol. The Kier molecular flexibility index (Phi) is 22.8. The molecule has 0 saturated heterocycles. The Morgan fingerprint density at radius 1 is 0.774 bits per heavy atom. The maximum atomic E-state index is 11.6. The molecule has 0 aromatic heterocycles. The summed E-state index contributed by atoms with van der Waals surface area (Å²) in [5, 5.41) is 0. The predicted molar refractivity (Wildman–Crippen MR) is 131 cm³/mol. The van der Waals surface area contributed by atoms with Crippen LogP contribution in [0.25, 0.3) is 0 Å². The van der Waals surface area contributed by atoms with E-state index in [1.807, 2.05) is 6.92 Å². The molecule has 0 aromatic rings. The first-order chi connectivity index (χ1) is 14.4. The summed E-state index contributed by atoms with van der Waals surface area (Å²) in [6.45, 7) is 13.3. The second kappa shape index (κ2) is 21.5. The number of ether oxygens (including phenoxy) is 1. The molecule has 31 heavy (non-hydrogen) atoms. The van der Waals surface area contributed by atoms with Gasteiger partial charge in [-0.1, -0.05) is 103 Å². The number of unbranched alkanes of at least 4 members (excludes halogenated alkanes) is 15. The summed E-state index contributed by atoms with van der Waals surface area (Å²) >= 11 is 0. The quantitative estimate of drug-likeness (QED) is 0.0708. The highest BCUT2D eigenvalue weighted by molar-refractivity contribution is 5.81. The van der Waals surface area contributed by atoms with Gasteiger partial charge in [-0.2, -0.15) is 0 Å². The maximum absolute atomic E-state index is 11.6. The van der Waals surface area contributed by atoms with Gasteiger partial charge in [-0.25, -0.2) is 4.79 Å². The van der Waals surface area contributed by atoms with Crippen LogP contribution in [0.2, 0.25) is 0 Å². The van der Waals surface area contributed by atoms with Crippen LogP contribution in [0.4, 0.5) is 0 Å². The van der Waals surface area contributed by atoms with Crippen LogP contribution in [-0.2, 0) is 9.53 Å². The molecule has 0 aliphatic heterocycles. The summed E-state index contributed by atoms with van der Waals surface area (Å²) in [4.78, 5) is 11.6. The Labute approximate surface area is 205 Å². The zero-order valence-electron chi connectivity index (χ0n) is 21.6. The van der Waals surface area contributed by atoms with Crippen molar-refractivity contribution in [2.45, 2.75) is 143 Å². The van der Waals surface area contributed by atoms with E-state index in [0.717, 1.165) is 11.0 Å². The van der Waals surface area contributed by atoms with Gasteiger partial charge >= 0.3 is 5.97 Å². The Balaban J connectivity index is 0. The molecular formula is C27H54BrNO2. The van der Waals surface area contributed by atoms with Gasteiger partial charge in [0, 0.05) is 13.0 Å². The molecule has 0 fully saturated rings. The molecule has 0 N–H and O–H groups in total. The molecule has 186 valence electrons. The number of hydrogen-bond donors (Lipinski definition) is 0. The van der Waals surface area contributed by atoms with Gasteiger partial charge in [-0.05, 0) is 26.7 Å². The smallest absolute Gasteiger partial charge is 0.334 e. The van der Waals surface area contributed by atoms with Crippen LogP contribution in [0, 0.1) is 0 Å². The van der Waals surface area contributed by atoms with Crippen molar-refractivity contribution in [2.24, 2.45) is 0 Å². The third-order valence-electron chi connectivity index (χ3n) is 6.96. The molecule has 0 aliphatic rings. The summed E-state index contributed by atoms with van der Waals surface area (Å²) in [6, 6.07) is 0.425. The van der Waals surface area contributed by atoms with Gasteiger partial charge < -0.3 is 21.7 Å². The number of carbonyl (C=O) groups is 1. The lowest BCUT2D eigenvalue weighted by Gasteiger charge is -2.42. The van der Waals surface area contributed by atoms with E-state index < -0.39 is 0 Å². The maximum Gasteiger partial charge on any atom is 0.334 e. The van der Waals surface area contributed by atoms with E-state index in [-0.39, 0.29) is 29.2 Å². The summed E-state index contributed by atoms with van der Waals surface area (Å²) in [6.07, 6.45) is 23.4. The first-order valence-electron chi connectivity index (χ1n) is 13.1. The van der Waals surface area contributed by atoms with E-state index in [0.29, 0.717) is 6.04 Å². The fourth-order valence-corrected chi connectivity index (χ4v) is 4.20. The average molecular weight is 505 g/mol. The minimum atomic E-state index is -0.320. The fourth-order valence-electron chi connectivity index (χ4n) is 4.20. The number of halogens is 1. The molecule has 0 radical (unpaired) electrons. The number of nitrogens with zero attached hydrogens (tertiary/aromatic N) is 1. The summed E-state index contributed by atoms with van der Waals surface area (Å²) in [5.74, 6) is -0.320. The summed E-state index contributed by atoms with van der Waals surface area (Å²) in [7, 11) is 2.21. The van der Waals surface area contributed by atoms with Crippen LogP contribution in [-0.4, -0.2) is 36.3 Å². The highest BCUT2D eigenvalue weighted by atomic mass is 79.9. The van der Waals surface area contributed by atoms with Crippen molar-refractivity contribution in [3.8, 4) is 0 Å². The van der Waals surface area contributed by atoms with Gasteiger partial charge in [0.2, 0.25) is 6.23 Å². The standard InChI is InChI=1S/C27H54NO2.BrH/c1-7-9-10-11-12-13-14-15-16-17-18-19-20-21-22-23-24-28(6,25(3)4)26(5)30-27(29)8-2;/h8,25-26H,2,7,9-24H2,1,3-6H3;1H/q+1;/p-1. The molecule has 3 nitrogen and oxygen atoms in total. The molecule has 0 rings (SSSR count). The average Bonchev–Trinajstić information content (AvgIpc) is 2.72. The zero-order chi connectivity index (χ0) is 22.7. The van der Waals surface area contributed by atoms with Crippen LogP contribution in [0.1, 0.15) is 130 Å². The number of esters is 1. The minimum Gasteiger partial charge on any atom is -1.00 e. The Morgan fingerprint density at radius 3 is 1.45 bits per heavy atom. The van der Waals surface area contributed by atoms with Crippen molar-refractivity contribution < 1.29 is 31.0 Å². The van der Waals surface area contributed by atoms with Gasteiger partial charge in [-0.15, -0.1) is 0 Å². The highest BCUT2D eigenvalue weighted by Crippen LogP contribution is 2.20. The molecule has 4 heteroatoms. The van der Waals surface area contributed by atoms with Gasteiger partial charge in [-0.3, -0.25) is 4.48 Å². The molecule has 2 atom stereocenters. The lowest BCUT2D eigenvalue weighted by atomic mass is 10.0. The first-order valence-corrected chi connectivity index (χ1v) is 13.1. The van der Waals surface area contributed by atoms with E-state index in [2.05, 4.69) is 34.4 Å². The monoisotopic (exact) mass is 503 g/mol. The van der Waals surface area contributed by atoms with Crippen molar-refractivity contribution in [3.63, 3.8) is 0 Å². The zero-order valence-corrected chi connectivity index (χ0v) is 23.2. The number of carbonyl (C=O) groups excluding carboxylic acids is 1. The first kappa shape index (κ1) is 32.8. The van der Waals surface area contributed by atoms with Gasteiger partial charge in [0.1, 0.15) is 0 Å². The SMILES string of the molecule is C=CC(=O)OC(C)[N+](C)(CCCCCCCCCCCCCCCCCC)C(C)C.[Br-]. The normalized spacial score (nSPS) is 14.0. The molecule has 0 spiro atoms. The van der Waals surface area contributed by atoms with Crippen LogP contribution in [0.3, 0.4) is 0 Å². The Morgan fingerprint density at radius 2 is 1.13 bits per heavy atom. The van der Waals surface area contributed by atoms with Crippen molar-refractivity contribution in [2.75, 3.05) is 13.6 Å². The number of quaternary nitrogens is 1. The minimum absolute atomic E-state index is 0. The topological polar surface area (TPSA) is 26.3 Å². The van der Waals surface area contributed by atoms with Crippen molar-refractivity contribution in [1.29, 1.82) is 0 Å². The highest BCUT2D eigenvalue weighted by Gasteiger charge is 2.34. The van der Waals surface area contributed by atoms with E-state index in [9.17, 15) is 4.79 Å². The Bertz CT molecular complexity index is 427. The van der Waals surface area contributed by atoms with Crippen LogP contribution >= 0.6 is 0 Å². The van der Waals surface area contributed by atoms with E-state index in [4.69, 9.17) is 4.74 Å². The van der Waals surface area contributed by atoms with E-state index in [1.54, 1.807) is 0 Å². The van der Waals surface area contributed by atoms with Crippen LogP contribution < -0.4 is 17.0 Å². The molecule has 2 unspecified atom stereocenters. The van der Waals surface area contributed by atoms with Gasteiger partial charge in [0.05, 0.1) is 19.6 Å². The van der Waals surface area contributed by atoms with Gasteiger partial charge in [0.25, 0.3) is 0 Å². The molecule has 0 aromatic carbocycles. The van der Waals surface area contributed by atoms with Crippen LogP contribution in [0.5, 0.6) is 0 Å². The predicted octanol–water partition coefficient (Wildman–Crippen LogP) is 5.18.